The van der Waals surface area contributed by atoms with Gasteiger partial charge in [-0.1, -0.05) is 187 Å². The SMILES string of the molecule is CCCCCCCCCCCCCCCCCCCC(=O)OC(COC(=O)CCCCCCCCCCCCCC)COC1OC(COC2OC(CO)C(O)C(O)C2O)C(O)C(O)C1O. The van der Waals surface area contributed by atoms with E-state index in [0.717, 1.165) is 38.5 Å². The molecule has 0 aromatic rings. The van der Waals surface area contributed by atoms with E-state index in [0.29, 0.717) is 12.8 Å². The monoisotopic (exact) mass is 935 g/mol. The molecule has 0 aromatic heterocycles. The number of aliphatic hydroxyl groups is 7. The maximum atomic E-state index is 13.0. The standard InChI is InChI=1S/C50H94O15/c1-3-5-7-9-11-13-15-17-18-19-20-21-23-25-27-29-31-33-42(53)63-38(35-60-41(52)32-30-28-26-24-22-16-14-12-10-8-6-4-2)36-61-49-48(59)46(57)44(55)40(65-49)37-62-50-47(58)45(56)43(54)39(34-51)64-50/h38-40,43-51,54-59H,3-37H2,1-2H3. The Morgan fingerprint density at radius 1 is 0.431 bits per heavy atom. The van der Waals surface area contributed by atoms with Gasteiger partial charge >= 0.3 is 11.9 Å². The number of ether oxygens (including phenoxy) is 6. The molecule has 15 nitrogen and oxygen atoms in total. The Bertz CT molecular complexity index is 1150. The van der Waals surface area contributed by atoms with Crippen molar-refractivity contribution in [3.05, 3.63) is 0 Å². The Morgan fingerprint density at radius 2 is 0.785 bits per heavy atom. The molecule has 2 rings (SSSR count). The van der Waals surface area contributed by atoms with Gasteiger partial charge in [-0.25, -0.2) is 0 Å². The molecular weight excluding hydrogens is 841 g/mol. The van der Waals surface area contributed by atoms with Gasteiger partial charge < -0.3 is 64.2 Å². The lowest BCUT2D eigenvalue weighted by Crippen LogP contribution is -2.61. The Balaban J connectivity index is 1.79. The lowest BCUT2D eigenvalue weighted by molar-refractivity contribution is -0.332. The second-order valence-corrected chi connectivity index (χ2v) is 18.7. The number of carbonyl (C=O) groups excluding carboxylic acids is 2. The molecule has 0 aromatic carbocycles. The summed E-state index contributed by atoms with van der Waals surface area (Å²) < 4.78 is 33.6. The first-order valence-corrected chi connectivity index (χ1v) is 26.1. The quantitative estimate of drug-likeness (QED) is 0.0237. The molecule has 7 N–H and O–H groups in total. The Labute approximate surface area is 391 Å². The van der Waals surface area contributed by atoms with Crippen LogP contribution in [0.25, 0.3) is 0 Å². The van der Waals surface area contributed by atoms with Gasteiger partial charge in [-0.3, -0.25) is 9.59 Å². The maximum Gasteiger partial charge on any atom is 0.306 e. The average molecular weight is 935 g/mol. The summed E-state index contributed by atoms with van der Waals surface area (Å²) in [6.45, 7) is 2.62. The van der Waals surface area contributed by atoms with E-state index in [2.05, 4.69) is 13.8 Å². The Kier molecular flexibility index (Phi) is 35.2. The molecule has 2 fully saturated rings. The van der Waals surface area contributed by atoms with Crippen LogP contribution in [0.15, 0.2) is 0 Å². The maximum absolute atomic E-state index is 13.0. The number of hydrogen-bond acceptors (Lipinski definition) is 15. The van der Waals surface area contributed by atoms with Crippen LogP contribution in [0.3, 0.4) is 0 Å². The first kappa shape index (κ1) is 59.6. The smallest absolute Gasteiger partial charge is 0.306 e. The van der Waals surface area contributed by atoms with Crippen LogP contribution >= 0.6 is 0 Å². The van der Waals surface area contributed by atoms with Crippen LogP contribution in [-0.2, 0) is 38.0 Å². The van der Waals surface area contributed by atoms with Crippen molar-refractivity contribution in [1.82, 2.24) is 0 Å². The minimum Gasteiger partial charge on any atom is -0.462 e. The molecule has 11 unspecified atom stereocenters. The largest absolute Gasteiger partial charge is 0.462 e. The van der Waals surface area contributed by atoms with E-state index < -0.39 is 92.7 Å². The lowest BCUT2D eigenvalue weighted by Gasteiger charge is -2.42. The van der Waals surface area contributed by atoms with Gasteiger partial charge in [0.2, 0.25) is 0 Å². The normalized spacial score (nSPS) is 26.3. The van der Waals surface area contributed by atoms with Crippen LogP contribution in [0.5, 0.6) is 0 Å². The molecule has 2 heterocycles. The number of hydrogen-bond donors (Lipinski definition) is 7. The van der Waals surface area contributed by atoms with Crippen LogP contribution in [0, 0.1) is 0 Å². The molecule has 0 spiro atoms. The van der Waals surface area contributed by atoms with E-state index in [1.807, 2.05) is 0 Å². The van der Waals surface area contributed by atoms with Gasteiger partial charge in [0.1, 0.15) is 55.4 Å². The fraction of sp³-hybridized carbons (Fsp3) is 0.960. The molecule has 2 aliphatic heterocycles. The number of aliphatic hydroxyl groups excluding tert-OH is 7. The molecule has 0 aliphatic carbocycles. The molecule has 0 bridgehead atoms. The highest BCUT2D eigenvalue weighted by Crippen LogP contribution is 2.27. The number of esters is 2. The topological polar surface area (TPSA) is 231 Å². The molecule has 11 atom stereocenters. The number of rotatable bonds is 41. The van der Waals surface area contributed by atoms with Gasteiger partial charge in [0, 0.05) is 12.8 Å². The summed E-state index contributed by atoms with van der Waals surface area (Å²) in [6.07, 6.45) is 18.4. The Hall–Kier alpha value is -1.50. The zero-order valence-electron chi connectivity index (χ0n) is 40.5. The van der Waals surface area contributed by atoms with Gasteiger partial charge in [0.25, 0.3) is 0 Å². The molecule has 0 radical (unpaired) electrons. The van der Waals surface area contributed by atoms with Crippen molar-refractivity contribution in [2.75, 3.05) is 26.4 Å². The summed E-state index contributed by atoms with van der Waals surface area (Å²) >= 11 is 0. The zero-order valence-corrected chi connectivity index (χ0v) is 40.5. The van der Waals surface area contributed by atoms with E-state index in [4.69, 9.17) is 28.4 Å². The van der Waals surface area contributed by atoms with E-state index >= 15 is 0 Å². The summed E-state index contributed by atoms with van der Waals surface area (Å²) in [6, 6.07) is 0. The first-order valence-electron chi connectivity index (χ1n) is 26.1. The second-order valence-electron chi connectivity index (χ2n) is 18.7. The van der Waals surface area contributed by atoms with Crippen LogP contribution in [0.1, 0.15) is 213 Å². The fourth-order valence-corrected chi connectivity index (χ4v) is 8.51. The first-order chi connectivity index (χ1) is 31.5. The molecular formula is C50H94O15. The van der Waals surface area contributed by atoms with Crippen molar-refractivity contribution in [2.45, 2.75) is 280 Å². The van der Waals surface area contributed by atoms with E-state index in [1.165, 1.54) is 135 Å². The van der Waals surface area contributed by atoms with Gasteiger partial charge in [-0.05, 0) is 12.8 Å². The van der Waals surface area contributed by atoms with Gasteiger partial charge in [0.05, 0.1) is 19.8 Å². The zero-order chi connectivity index (χ0) is 47.5. The summed E-state index contributed by atoms with van der Waals surface area (Å²) in [5, 5.41) is 72.0. The van der Waals surface area contributed by atoms with Crippen LogP contribution in [0.4, 0.5) is 0 Å². The van der Waals surface area contributed by atoms with Crippen molar-refractivity contribution < 1.29 is 73.8 Å². The van der Waals surface area contributed by atoms with Crippen LogP contribution in [0.2, 0.25) is 0 Å². The second kappa shape index (κ2) is 38.4. The number of carbonyl (C=O) groups is 2. The predicted molar refractivity (Wildman–Crippen MR) is 248 cm³/mol. The van der Waals surface area contributed by atoms with E-state index in [1.54, 1.807) is 0 Å². The molecule has 65 heavy (non-hydrogen) atoms. The third-order valence-corrected chi connectivity index (χ3v) is 12.8. The molecule has 2 aliphatic rings. The van der Waals surface area contributed by atoms with Gasteiger partial charge in [-0.2, -0.15) is 0 Å². The predicted octanol–water partition coefficient (Wildman–Crippen LogP) is 7.22. The van der Waals surface area contributed by atoms with Crippen molar-refractivity contribution in [1.29, 1.82) is 0 Å². The summed E-state index contributed by atoms with van der Waals surface area (Å²) in [5.41, 5.74) is 0. The van der Waals surface area contributed by atoms with Crippen LogP contribution < -0.4 is 0 Å². The lowest BCUT2D eigenvalue weighted by atomic mass is 9.98. The minimum atomic E-state index is -1.76. The van der Waals surface area contributed by atoms with Crippen molar-refractivity contribution in [3.8, 4) is 0 Å². The van der Waals surface area contributed by atoms with Crippen molar-refractivity contribution in [3.63, 3.8) is 0 Å². The highest BCUT2D eigenvalue weighted by molar-refractivity contribution is 5.70. The van der Waals surface area contributed by atoms with Gasteiger partial charge in [-0.15, -0.1) is 0 Å². The molecule has 384 valence electrons. The third kappa shape index (κ3) is 26.7. The van der Waals surface area contributed by atoms with Crippen LogP contribution in [-0.4, -0.2) is 142 Å². The number of unbranched alkanes of at least 4 members (excludes halogenated alkanes) is 27. The van der Waals surface area contributed by atoms with E-state index in [-0.39, 0.29) is 26.1 Å². The Morgan fingerprint density at radius 3 is 1.20 bits per heavy atom. The highest BCUT2D eigenvalue weighted by atomic mass is 16.7. The third-order valence-electron chi connectivity index (χ3n) is 12.8. The van der Waals surface area contributed by atoms with Gasteiger partial charge in [0.15, 0.2) is 18.7 Å². The summed E-state index contributed by atoms with van der Waals surface area (Å²) in [4.78, 5) is 25.7. The highest BCUT2D eigenvalue weighted by Gasteiger charge is 2.47. The van der Waals surface area contributed by atoms with E-state index in [9.17, 15) is 45.3 Å². The summed E-state index contributed by atoms with van der Waals surface area (Å²) in [7, 11) is 0. The average Bonchev–Trinajstić information content (AvgIpc) is 3.30. The molecule has 15 heteroatoms. The van der Waals surface area contributed by atoms with Crippen molar-refractivity contribution in [2.24, 2.45) is 0 Å². The molecule has 0 saturated carbocycles. The molecule has 2 saturated heterocycles. The molecule has 0 amide bonds. The minimum absolute atomic E-state index is 0.173. The fourth-order valence-electron chi connectivity index (χ4n) is 8.51. The van der Waals surface area contributed by atoms with Crippen molar-refractivity contribution >= 4 is 11.9 Å². The summed E-state index contributed by atoms with van der Waals surface area (Å²) in [5.74, 6) is -0.910.